The summed E-state index contributed by atoms with van der Waals surface area (Å²) < 4.78 is 5.01. The summed E-state index contributed by atoms with van der Waals surface area (Å²) in [7, 11) is 0. The van der Waals surface area contributed by atoms with Crippen molar-refractivity contribution in [3.8, 4) is 0 Å². The Balaban J connectivity index is 2.01. The van der Waals surface area contributed by atoms with Crippen molar-refractivity contribution in [3.05, 3.63) is 36.1 Å². The number of nitrogens with zero attached hydrogens (tertiary/aromatic N) is 4. The second-order valence-corrected chi connectivity index (χ2v) is 3.73. The molecule has 0 saturated carbocycles. The maximum absolute atomic E-state index is 5.70. The predicted molar refractivity (Wildman–Crippen MR) is 65.3 cm³/mol. The summed E-state index contributed by atoms with van der Waals surface area (Å²) in [5.74, 6) is 1.99. The van der Waals surface area contributed by atoms with Crippen LogP contribution in [0.15, 0.2) is 49.8 Å². The molecule has 2 aliphatic rings. The second-order valence-electron chi connectivity index (χ2n) is 3.73. The van der Waals surface area contributed by atoms with Gasteiger partial charge in [0.1, 0.15) is 6.61 Å². The van der Waals surface area contributed by atoms with Crippen LogP contribution in [0.1, 0.15) is 12.7 Å². The van der Waals surface area contributed by atoms with E-state index >= 15 is 0 Å². The summed E-state index contributed by atoms with van der Waals surface area (Å²) in [4.78, 5) is 14.1. The number of hydroxylamine groups is 2. The van der Waals surface area contributed by atoms with Crippen molar-refractivity contribution in [1.82, 2.24) is 0 Å². The number of quaternary nitrogens is 1. The maximum Gasteiger partial charge on any atom is 0.300 e. The Bertz CT molecular complexity index is 585. The highest BCUT2D eigenvalue weighted by Crippen LogP contribution is 2.28. The molecule has 3 heterocycles. The van der Waals surface area contributed by atoms with E-state index in [0.717, 1.165) is 0 Å². The minimum absolute atomic E-state index is 0.244. The van der Waals surface area contributed by atoms with Crippen molar-refractivity contribution in [1.29, 1.82) is 0 Å². The Morgan fingerprint density at radius 2 is 2.39 bits per heavy atom. The van der Waals surface area contributed by atoms with E-state index in [1.165, 1.54) is 0 Å². The standard InChI is InChI=1S/C11H12N5O2/c1-2-18-16-7-13-11(8-4-3-5-17-8)14-10(16)6-9(12)15-16/h3-7H,2H2,1H3,(H2,12,15)/q+1. The number of hydrogen-bond acceptors (Lipinski definition) is 6. The molecule has 0 saturated heterocycles. The predicted octanol–water partition coefficient (Wildman–Crippen LogP) is 0.964. The highest BCUT2D eigenvalue weighted by atomic mass is 16.7. The van der Waals surface area contributed by atoms with Gasteiger partial charge in [-0.15, -0.1) is 0 Å². The molecule has 2 aliphatic heterocycles. The first kappa shape index (κ1) is 10.9. The van der Waals surface area contributed by atoms with Crippen LogP contribution in [-0.2, 0) is 4.84 Å². The highest BCUT2D eigenvalue weighted by Gasteiger charge is 2.43. The molecule has 3 rings (SSSR count). The van der Waals surface area contributed by atoms with Gasteiger partial charge in [-0.2, -0.15) is 14.8 Å². The second kappa shape index (κ2) is 3.90. The molecule has 0 bridgehead atoms. The molecule has 2 N–H and O–H groups in total. The fourth-order valence-corrected chi connectivity index (χ4v) is 1.79. The molecule has 7 heteroatoms. The maximum atomic E-state index is 5.70. The van der Waals surface area contributed by atoms with E-state index in [4.69, 9.17) is 15.0 Å². The Morgan fingerprint density at radius 1 is 1.50 bits per heavy atom. The highest BCUT2D eigenvalue weighted by molar-refractivity contribution is 6.03. The van der Waals surface area contributed by atoms with Crippen LogP contribution in [0.4, 0.5) is 0 Å². The lowest BCUT2D eigenvalue weighted by atomic mass is 10.4. The van der Waals surface area contributed by atoms with Gasteiger partial charge in [-0.05, 0) is 24.2 Å². The Kier molecular flexibility index (Phi) is 2.35. The molecule has 18 heavy (non-hydrogen) atoms. The van der Waals surface area contributed by atoms with Crippen LogP contribution < -0.4 is 5.73 Å². The molecule has 0 radical (unpaired) electrons. The lowest BCUT2D eigenvalue weighted by molar-refractivity contribution is -1.00. The van der Waals surface area contributed by atoms with Gasteiger partial charge >= 0.3 is 5.82 Å². The van der Waals surface area contributed by atoms with E-state index in [1.807, 2.05) is 6.92 Å². The van der Waals surface area contributed by atoms with E-state index in [0.29, 0.717) is 29.9 Å². The number of rotatable bonds is 3. The first-order chi connectivity index (χ1) is 8.73. The van der Waals surface area contributed by atoms with E-state index in [9.17, 15) is 0 Å². The molecule has 92 valence electrons. The molecular formula is C11H12N5O2+. The summed E-state index contributed by atoms with van der Waals surface area (Å²) in [5.41, 5.74) is 5.70. The SMILES string of the molecule is CCO[N+]12C=NC(c3ccco3)=NC1=CC(N)=N2. The third-order valence-electron chi connectivity index (χ3n) is 2.49. The Labute approximate surface area is 103 Å². The number of furan rings is 1. The molecule has 0 amide bonds. The Morgan fingerprint density at radius 3 is 3.11 bits per heavy atom. The van der Waals surface area contributed by atoms with Crippen LogP contribution in [0.3, 0.4) is 0 Å². The number of hydrogen-bond donors (Lipinski definition) is 1. The van der Waals surface area contributed by atoms with Gasteiger partial charge < -0.3 is 10.2 Å². The third-order valence-corrected chi connectivity index (χ3v) is 2.49. The molecule has 1 unspecified atom stereocenters. The van der Waals surface area contributed by atoms with Gasteiger partial charge in [0.25, 0.3) is 6.34 Å². The van der Waals surface area contributed by atoms with Crippen LogP contribution in [0.5, 0.6) is 0 Å². The van der Waals surface area contributed by atoms with Crippen molar-refractivity contribution in [2.75, 3.05) is 6.61 Å². The number of aliphatic imine (C=N–C) groups is 2. The quantitative estimate of drug-likeness (QED) is 0.806. The van der Waals surface area contributed by atoms with E-state index in [2.05, 4.69) is 15.1 Å². The topological polar surface area (TPSA) is 85.5 Å². The van der Waals surface area contributed by atoms with Gasteiger partial charge in [0, 0.05) is 4.76 Å². The third kappa shape index (κ3) is 1.57. The van der Waals surface area contributed by atoms with Crippen molar-refractivity contribution in [3.63, 3.8) is 0 Å². The van der Waals surface area contributed by atoms with E-state index < -0.39 is 0 Å². The van der Waals surface area contributed by atoms with Crippen LogP contribution in [0, 0.1) is 0 Å². The monoisotopic (exact) mass is 246 g/mol. The van der Waals surface area contributed by atoms with Crippen molar-refractivity contribution < 1.29 is 14.0 Å². The van der Waals surface area contributed by atoms with Gasteiger partial charge in [-0.1, -0.05) is 0 Å². The molecular weight excluding hydrogens is 234 g/mol. The largest absolute Gasteiger partial charge is 0.461 e. The summed E-state index contributed by atoms with van der Waals surface area (Å²) in [6.45, 7) is 2.33. The number of amidine groups is 2. The fraction of sp³-hybridized carbons (Fsp3) is 0.182. The lowest BCUT2D eigenvalue weighted by Crippen LogP contribution is -2.41. The van der Waals surface area contributed by atoms with Crippen molar-refractivity contribution in [2.45, 2.75) is 6.92 Å². The van der Waals surface area contributed by atoms with Gasteiger partial charge in [-0.3, -0.25) is 0 Å². The summed E-state index contributed by atoms with van der Waals surface area (Å²) in [5, 5.41) is 4.18. The first-order valence-corrected chi connectivity index (χ1v) is 5.52. The van der Waals surface area contributed by atoms with Crippen molar-refractivity contribution >= 4 is 18.0 Å². The van der Waals surface area contributed by atoms with Gasteiger partial charge in [0.05, 0.1) is 12.3 Å². The zero-order chi connectivity index (χ0) is 12.6. The van der Waals surface area contributed by atoms with Gasteiger partial charge in [0.2, 0.25) is 5.84 Å². The number of nitrogens with two attached hydrogens (primary N) is 1. The fourth-order valence-electron chi connectivity index (χ4n) is 1.79. The lowest BCUT2D eigenvalue weighted by Gasteiger charge is -2.22. The zero-order valence-corrected chi connectivity index (χ0v) is 9.78. The first-order valence-electron chi connectivity index (χ1n) is 5.52. The average Bonchev–Trinajstić information content (AvgIpc) is 2.94. The van der Waals surface area contributed by atoms with Crippen LogP contribution in [0.2, 0.25) is 0 Å². The molecule has 7 nitrogen and oxygen atoms in total. The molecule has 1 aromatic heterocycles. The average molecular weight is 246 g/mol. The minimum atomic E-state index is -0.244. The molecule has 1 aromatic rings. The molecule has 0 fully saturated rings. The summed E-state index contributed by atoms with van der Waals surface area (Å²) >= 11 is 0. The zero-order valence-electron chi connectivity index (χ0n) is 9.78. The molecule has 0 aromatic carbocycles. The van der Waals surface area contributed by atoms with Crippen LogP contribution in [-0.4, -0.2) is 29.4 Å². The Hall–Kier alpha value is -2.25. The van der Waals surface area contributed by atoms with Crippen LogP contribution in [0.25, 0.3) is 0 Å². The van der Waals surface area contributed by atoms with Gasteiger partial charge in [0.15, 0.2) is 11.6 Å². The normalized spacial score (nSPS) is 25.5. The molecule has 0 spiro atoms. The molecule has 0 aliphatic carbocycles. The van der Waals surface area contributed by atoms with Crippen molar-refractivity contribution in [2.24, 2.45) is 20.8 Å². The number of fused-ring (bicyclic) bond motifs is 1. The summed E-state index contributed by atoms with van der Waals surface area (Å²) in [6.07, 6.45) is 4.77. The van der Waals surface area contributed by atoms with E-state index in [1.54, 1.807) is 30.8 Å². The summed E-state index contributed by atoms with van der Waals surface area (Å²) in [6, 6.07) is 3.57. The minimum Gasteiger partial charge on any atom is -0.461 e. The molecule has 1 atom stereocenters. The smallest absolute Gasteiger partial charge is 0.300 e. The van der Waals surface area contributed by atoms with Crippen LogP contribution >= 0.6 is 0 Å². The van der Waals surface area contributed by atoms with E-state index in [-0.39, 0.29) is 4.76 Å². The van der Waals surface area contributed by atoms with Gasteiger partial charge in [-0.25, -0.2) is 0 Å².